The number of benzene rings is 1. The number of morpholine rings is 4. The number of fused-ring (bicyclic) bond motifs is 16. The van der Waals surface area contributed by atoms with Crippen molar-refractivity contribution in [3.8, 4) is 0 Å². The third kappa shape index (κ3) is 28.6. The number of rotatable bonds is 22. The molecule has 16 aliphatic heterocycles. The zero-order chi connectivity index (χ0) is 105. The topological polar surface area (TPSA) is 280 Å². The second-order valence-corrected chi connectivity index (χ2v) is 58.2. The predicted molar refractivity (Wildman–Crippen MR) is 574 cm³/mol. The minimum atomic E-state index is -3.12. The maximum atomic E-state index is 12.5. The van der Waals surface area contributed by atoms with Crippen LogP contribution in [0.5, 0.6) is 0 Å². The third-order valence-electron chi connectivity index (χ3n) is 38.1. The lowest BCUT2D eigenvalue weighted by atomic mass is 9.78. The SMILES string of the molecule is CC(C)C1CC2COCC(C1)N2C(=O)OC1(C)CC1.CC(C)C1CC2COCC(C1)N2C(=O)OC1(C)CCC1.CC(C)C1CC2COCC(C1)N2C(=O)OC1CCC1.CC(C)C1CC2COCC(C1)N2Cc1ccccc1.CC(C)C1C[C@@H]2C=C[C@@H](C1)N2S(=O)(=O)C1CC1.CC(C)C1C[C@@H]2CC[C@@H](C1)N2S(=O)(=O)C1CC1.CC(C)OC(=O)N1C2C=CC1CC(C(C)C)C2.COCCS(=O)(=O)N1C2CCC1CC(C(C)C)C2. The molecule has 22 rings (SSSR count). The molecule has 4 amide bonds. The highest BCUT2D eigenvalue weighted by Gasteiger charge is 2.57. The Labute approximate surface area is 881 Å². The Morgan fingerprint density at radius 2 is 0.651 bits per heavy atom. The summed E-state index contributed by atoms with van der Waals surface area (Å²) in [6.45, 7) is 51.7. The molecule has 0 aromatic heterocycles. The van der Waals surface area contributed by atoms with Gasteiger partial charge < -0.3 is 42.6 Å². The maximum Gasteiger partial charge on any atom is 0.411 e. The normalized spacial score (nSPS) is 35.0. The average molecular weight is 2100 g/mol. The van der Waals surface area contributed by atoms with Gasteiger partial charge in [-0.25, -0.2) is 44.4 Å². The van der Waals surface area contributed by atoms with Crippen molar-refractivity contribution >= 4 is 54.4 Å². The van der Waals surface area contributed by atoms with E-state index in [2.05, 4.69) is 177 Å². The van der Waals surface area contributed by atoms with Crippen LogP contribution in [-0.2, 0) is 79.2 Å². The van der Waals surface area contributed by atoms with Crippen LogP contribution in [0.1, 0.15) is 350 Å². The Balaban J connectivity index is 0.000000125. The van der Waals surface area contributed by atoms with Crippen molar-refractivity contribution < 1.29 is 87.1 Å². The van der Waals surface area contributed by atoms with Gasteiger partial charge in [-0.3, -0.25) is 24.5 Å². The highest BCUT2D eigenvalue weighted by atomic mass is 32.2. The van der Waals surface area contributed by atoms with Crippen molar-refractivity contribution in [2.24, 2.45) is 94.7 Å². The van der Waals surface area contributed by atoms with Crippen molar-refractivity contribution in [1.82, 2.24) is 37.4 Å². The Hall–Kier alpha value is -4.73. The third-order valence-corrected chi connectivity index (χ3v) is 44.9. The molecule has 0 radical (unpaired) electrons. The maximum absolute atomic E-state index is 12.5. The molecule has 16 bridgehead atoms. The number of nitrogens with zero attached hydrogens (tertiary/aromatic N) is 8. The quantitative estimate of drug-likeness (QED) is 0.0770. The van der Waals surface area contributed by atoms with Crippen LogP contribution in [0.3, 0.4) is 0 Å². The number of hydrogen-bond donors (Lipinski definition) is 0. The highest BCUT2D eigenvalue weighted by molar-refractivity contribution is 7.90. The van der Waals surface area contributed by atoms with Crippen LogP contribution in [0, 0.1) is 94.7 Å². The lowest BCUT2D eigenvalue weighted by molar-refractivity contribution is -0.110. The Kier molecular flexibility index (Phi) is 39.5. The molecule has 146 heavy (non-hydrogen) atoms. The van der Waals surface area contributed by atoms with Crippen molar-refractivity contribution in [2.75, 3.05) is 72.3 Å². The van der Waals surface area contributed by atoms with Crippen LogP contribution in [0.25, 0.3) is 0 Å². The fraction of sp³-hybridized carbons (Fsp3) is 0.879. The van der Waals surface area contributed by atoms with Crippen LogP contribution in [0.2, 0.25) is 0 Å². The van der Waals surface area contributed by atoms with Crippen LogP contribution in [-0.4, -0.2) is 290 Å². The molecule has 0 spiro atoms. The van der Waals surface area contributed by atoms with Gasteiger partial charge in [0.2, 0.25) is 30.1 Å². The van der Waals surface area contributed by atoms with Crippen molar-refractivity contribution in [1.29, 1.82) is 0 Å². The average Bonchev–Trinajstić information content (AvgIpc) is 1.60. The highest BCUT2D eigenvalue weighted by Crippen LogP contribution is 2.51. The first-order chi connectivity index (χ1) is 69.3. The van der Waals surface area contributed by atoms with E-state index in [-0.39, 0.29) is 137 Å². The molecule has 0 N–H and O–H groups in total. The molecule has 5 aliphatic carbocycles. The first-order valence-electron chi connectivity index (χ1n) is 58.3. The molecular formula is C116H194N8O19S3. The van der Waals surface area contributed by atoms with Gasteiger partial charge in [0, 0.05) is 62.0 Å². The van der Waals surface area contributed by atoms with Crippen LogP contribution in [0.15, 0.2) is 54.6 Å². The van der Waals surface area contributed by atoms with Crippen LogP contribution < -0.4 is 0 Å². The number of methoxy groups -OCH3 is 1. The first kappa shape index (κ1) is 115. The number of hydrogen-bond acceptors (Lipinski definition) is 20. The number of carbonyl (C=O) groups excluding carboxylic acids is 4. The number of amides is 4. The smallest absolute Gasteiger partial charge is 0.411 e. The molecule has 19 fully saturated rings. The van der Waals surface area contributed by atoms with Crippen molar-refractivity contribution in [3.63, 3.8) is 0 Å². The summed E-state index contributed by atoms with van der Waals surface area (Å²) >= 11 is 0. The lowest BCUT2D eigenvalue weighted by Crippen LogP contribution is -2.60. The van der Waals surface area contributed by atoms with Crippen LogP contribution >= 0.6 is 0 Å². The standard InChI is InChI=1S/C17H25NO.C16H27NO3.2C15H25NO3.C14H23NO2.C13H25NO3S.C13H23NO2S.C13H21NO2S/c1-13(2)15-8-16-11-19-12-17(9-15)18(16)10-14-6-4-3-5-7-14;1-11(2)12-7-13-9-19-10-14(8-12)17(13)15(18)20-16(3)5-4-6-16;1-10(2)11-6-12-8-18-9-13(7-11)16(12)14(17)19-15(3)4-5-15;1-10(2)11-6-12-8-18-9-13(7-11)16(12)15(17)19-14-4-3-5-14;1-9(2)11-7-12-5-6-13(8-11)15(12)14(16)17-10(3)4;1-10(2)11-8-12-4-5-13(9-11)14(12)18(15,16)7-6-17-3;2*1-9(2)10-7-11-3-4-12(8-10)14(11)17(15,16)13-5-6-13/h3-7,13,15-17H,8-12H2,1-2H3;11-14H,4-10H2,1-3H3;10-13H,4-9H2,1-3H3;10-14H,3-9H2,1-2H3;5-6,9-13H,7-8H2,1-4H3;10-13H,4-9H2,1-3H3;9-13H,3-8H2,1-2H3;3-4,9-13H,5-8H2,1-2H3/t;;;;;;2*11-,12-/m......00/s1. The van der Waals surface area contributed by atoms with E-state index in [4.69, 9.17) is 42.6 Å². The molecule has 30 heteroatoms. The fourth-order valence-corrected chi connectivity index (χ4v) is 33.8. The van der Waals surface area contributed by atoms with E-state index in [9.17, 15) is 44.4 Å². The summed E-state index contributed by atoms with van der Waals surface area (Å²) in [5, 5.41) is -0.0933. The summed E-state index contributed by atoms with van der Waals surface area (Å²) in [4.78, 5) is 59.9. The number of ether oxygens (including phenoxy) is 9. The Bertz CT molecular complexity index is 4630. The van der Waals surface area contributed by atoms with Crippen LogP contribution in [0.4, 0.5) is 19.2 Å². The monoisotopic (exact) mass is 2100 g/mol. The number of carbonyl (C=O) groups is 4. The summed E-state index contributed by atoms with van der Waals surface area (Å²) in [6.07, 6.45) is 42.0. The van der Waals surface area contributed by atoms with Gasteiger partial charge in [-0.1, -0.05) is 165 Å². The molecule has 5 saturated carbocycles. The van der Waals surface area contributed by atoms with Gasteiger partial charge in [0.15, 0.2) is 0 Å². The molecular weight excluding hydrogens is 1910 g/mol. The van der Waals surface area contributed by atoms with Gasteiger partial charge in [0.25, 0.3) is 0 Å². The Morgan fingerprint density at radius 1 is 0.342 bits per heavy atom. The summed E-state index contributed by atoms with van der Waals surface area (Å²) in [7, 11) is -7.51. The Morgan fingerprint density at radius 3 is 0.966 bits per heavy atom. The van der Waals surface area contributed by atoms with E-state index in [1.165, 1.54) is 31.2 Å². The van der Waals surface area contributed by atoms with E-state index in [1.807, 2.05) is 53.3 Å². The van der Waals surface area contributed by atoms with E-state index < -0.39 is 30.1 Å². The second kappa shape index (κ2) is 50.0. The lowest BCUT2D eigenvalue weighted by Gasteiger charge is -2.50. The molecule has 27 nitrogen and oxygen atoms in total. The summed E-state index contributed by atoms with van der Waals surface area (Å²) in [6, 6.07) is 15.4. The van der Waals surface area contributed by atoms with E-state index >= 15 is 0 Å². The first-order valence-corrected chi connectivity index (χ1v) is 62.9. The number of sulfonamides is 3. The molecule has 1 aromatic rings. The largest absolute Gasteiger partial charge is 0.447 e. The molecule has 12 unspecified atom stereocenters. The van der Waals surface area contributed by atoms with E-state index in [0.29, 0.717) is 141 Å². The molecule has 21 aliphatic rings. The van der Waals surface area contributed by atoms with E-state index in [1.54, 1.807) is 7.11 Å². The summed E-state index contributed by atoms with van der Waals surface area (Å²) in [5.74, 6) is 11.5. The minimum Gasteiger partial charge on any atom is -0.447 e. The van der Waals surface area contributed by atoms with Gasteiger partial charge in [-0.15, -0.1) is 0 Å². The fourth-order valence-electron chi connectivity index (χ4n) is 27.5. The molecule has 14 saturated heterocycles. The molecule has 16 atom stereocenters. The zero-order valence-electron chi connectivity index (χ0n) is 93.4. The summed E-state index contributed by atoms with van der Waals surface area (Å²) < 4.78 is 130. The number of piperidine rings is 8. The van der Waals surface area contributed by atoms with Gasteiger partial charge in [-0.2, -0.15) is 12.9 Å². The van der Waals surface area contributed by atoms with Gasteiger partial charge in [-0.05, 0) is 333 Å². The predicted octanol–water partition coefficient (Wildman–Crippen LogP) is 21.7. The van der Waals surface area contributed by atoms with Crippen molar-refractivity contribution in [3.05, 3.63) is 60.2 Å². The minimum absolute atomic E-state index is 0.0267. The zero-order valence-corrected chi connectivity index (χ0v) is 95.9. The van der Waals surface area contributed by atoms with Crippen molar-refractivity contribution in [2.45, 2.75) is 481 Å². The summed E-state index contributed by atoms with van der Waals surface area (Å²) in [5.41, 5.74) is 1.05. The molecule has 16 heterocycles. The van der Waals surface area contributed by atoms with Gasteiger partial charge in [0.1, 0.15) is 17.3 Å². The molecule has 1 aromatic carbocycles. The molecule has 830 valence electrons. The van der Waals surface area contributed by atoms with E-state index in [0.717, 1.165) is 223 Å². The van der Waals surface area contributed by atoms with Gasteiger partial charge in [0.05, 0.1) is 130 Å². The van der Waals surface area contributed by atoms with Gasteiger partial charge >= 0.3 is 24.4 Å². The second-order valence-electron chi connectivity index (χ2n) is 51.9.